The first-order chi connectivity index (χ1) is 9.87. The van der Waals surface area contributed by atoms with E-state index in [9.17, 15) is 13.2 Å². The minimum absolute atomic E-state index is 0.0433. The summed E-state index contributed by atoms with van der Waals surface area (Å²) in [5.74, 6) is 0.145. The molecule has 2 rings (SSSR count). The van der Waals surface area contributed by atoms with Gasteiger partial charge in [0, 0.05) is 37.1 Å². The van der Waals surface area contributed by atoms with Crippen LogP contribution in [-0.2, 0) is 21.2 Å². The van der Waals surface area contributed by atoms with Crippen LogP contribution in [0.1, 0.15) is 12.0 Å². The fraction of sp³-hybridized carbons (Fsp3) is 0.500. The second-order valence-electron chi connectivity index (χ2n) is 5.31. The van der Waals surface area contributed by atoms with E-state index >= 15 is 0 Å². The van der Waals surface area contributed by atoms with Gasteiger partial charge in [0.15, 0.2) is 9.84 Å². The van der Waals surface area contributed by atoms with Crippen molar-refractivity contribution in [3.8, 4) is 0 Å². The number of sulfone groups is 1. The fourth-order valence-corrected chi connectivity index (χ4v) is 4.19. The number of amides is 1. The lowest BCUT2D eigenvalue weighted by Gasteiger charge is -2.25. The maximum Gasteiger partial charge on any atom is 0.224 e. The predicted molar refractivity (Wildman–Crippen MR) is 85.7 cm³/mol. The van der Waals surface area contributed by atoms with Crippen LogP contribution in [0.5, 0.6) is 0 Å². The third-order valence-electron chi connectivity index (χ3n) is 3.51. The molecule has 1 aliphatic heterocycles. The molecule has 0 aromatic heterocycles. The molecular weight excluding hydrogens is 356 g/mol. The van der Waals surface area contributed by atoms with Crippen molar-refractivity contribution in [2.75, 3.05) is 25.1 Å². The summed E-state index contributed by atoms with van der Waals surface area (Å²) in [5, 5.41) is 3.10. The van der Waals surface area contributed by atoms with Gasteiger partial charge in [0.1, 0.15) is 0 Å². The molecule has 1 aromatic rings. The first kappa shape index (κ1) is 16.5. The molecule has 1 N–H and O–H groups in total. The molecule has 0 radical (unpaired) electrons. The van der Waals surface area contributed by atoms with E-state index in [1.54, 1.807) is 11.9 Å². The van der Waals surface area contributed by atoms with Gasteiger partial charge < -0.3 is 10.2 Å². The molecule has 1 saturated heterocycles. The van der Waals surface area contributed by atoms with Crippen molar-refractivity contribution in [1.82, 2.24) is 10.2 Å². The molecule has 1 amide bonds. The molecule has 1 atom stereocenters. The van der Waals surface area contributed by atoms with Gasteiger partial charge in [0.2, 0.25) is 5.91 Å². The highest BCUT2D eigenvalue weighted by molar-refractivity contribution is 9.10. The number of nitrogens with zero attached hydrogens (tertiary/aromatic N) is 1. The average molecular weight is 375 g/mol. The molecule has 5 nitrogen and oxygen atoms in total. The lowest BCUT2D eigenvalue weighted by molar-refractivity contribution is -0.130. The number of halogens is 1. The van der Waals surface area contributed by atoms with Crippen molar-refractivity contribution >= 4 is 31.7 Å². The summed E-state index contributed by atoms with van der Waals surface area (Å²) < 4.78 is 24.1. The van der Waals surface area contributed by atoms with Gasteiger partial charge in [-0.05, 0) is 11.6 Å². The minimum Gasteiger partial charge on any atom is -0.341 e. The zero-order valence-corrected chi connectivity index (χ0v) is 14.3. The highest BCUT2D eigenvalue weighted by Gasteiger charge is 2.27. The molecule has 7 heteroatoms. The first-order valence-electron chi connectivity index (χ1n) is 6.78. The Hall–Kier alpha value is -0.920. The summed E-state index contributed by atoms with van der Waals surface area (Å²) in [6.07, 6.45) is 0.209. The number of hydrogen-bond donors (Lipinski definition) is 1. The normalized spacial score (nSPS) is 21.0. The summed E-state index contributed by atoms with van der Waals surface area (Å²) >= 11 is 3.46. The molecule has 116 valence electrons. The van der Waals surface area contributed by atoms with Crippen LogP contribution >= 0.6 is 15.9 Å². The van der Waals surface area contributed by atoms with Crippen LogP contribution < -0.4 is 5.32 Å². The Morgan fingerprint density at radius 1 is 1.43 bits per heavy atom. The molecule has 1 aromatic carbocycles. The zero-order chi connectivity index (χ0) is 15.5. The molecule has 1 heterocycles. The minimum atomic E-state index is -3.01. The molecule has 21 heavy (non-hydrogen) atoms. The number of hydrogen-bond acceptors (Lipinski definition) is 4. The molecule has 0 aliphatic carbocycles. The Labute approximate surface area is 133 Å². The van der Waals surface area contributed by atoms with Crippen LogP contribution in [0.2, 0.25) is 0 Å². The van der Waals surface area contributed by atoms with Crippen molar-refractivity contribution in [2.45, 2.75) is 19.0 Å². The SMILES string of the molecule is CN(Cc1ccccc1Br)C(=O)CC1CS(=O)(=O)CCN1. The molecule has 1 fully saturated rings. The number of benzene rings is 1. The number of nitrogens with one attached hydrogen (secondary N) is 1. The van der Waals surface area contributed by atoms with E-state index in [0.717, 1.165) is 10.0 Å². The molecule has 0 spiro atoms. The van der Waals surface area contributed by atoms with Crippen molar-refractivity contribution in [1.29, 1.82) is 0 Å². The summed E-state index contributed by atoms with van der Waals surface area (Å²) in [6.45, 7) is 0.925. The van der Waals surface area contributed by atoms with Gasteiger partial charge in [-0.2, -0.15) is 0 Å². The lowest BCUT2D eigenvalue weighted by Crippen LogP contribution is -2.47. The number of carbonyl (C=O) groups is 1. The van der Waals surface area contributed by atoms with E-state index in [1.807, 2.05) is 24.3 Å². The quantitative estimate of drug-likeness (QED) is 0.859. The highest BCUT2D eigenvalue weighted by Crippen LogP contribution is 2.18. The number of carbonyl (C=O) groups excluding carboxylic acids is 1. The predicted octanol–water partition coefficient (Wildman–Crippen LogP) is 1.18. The van der Waals surface area contributed by atoms with Crippen molar-refractivity contribution in [2.24, 2.45) is 0 Å². The molecule has 0 bridgehead atoms. The smallest absolute Gasteiger partial charge is 0.224 e. The van der Waals surface area contributed by atoms with E-state index < -0.39 is 9.84 Å². The second kappa shape index (κ2) is 6.89. The second-order valence-corrected chi connectivity index (χ2v) is 8.39. The fourth-order valence-electron chi connectivity index (χ4n) is 2.34. The lowest BCUT2D eigenvalue weighted by atomic mass is 10.2. The van der Waals surface area contributed by atoms with Gasteiger partial charge in [-0.3, -0.25) is 4.79 Å². The first-order valence-corrected chi connectivity index (χ1v) is 9.40. The molecule has 1 unspecified atom stereocenters. The Balaban J connectivity index is 1.92. The Morgan fingerprint density at radius 3 is 2.81 bits per heavy atom. The highest BCUT2D eigenvalue weighted by atomic mass is 79.9. The molecule has 0 saturated carbocycles. The van der Waals surface area contributed by atoms with Crippen LogP contribution in [0, 0.1) is 0 Å². The Bertz CT molecular complexity index is 618. The van der Waals surface area contributed by atoms with E-state index in [1.165, 1.54) is 0 Å². The van der Waals surface area contributed by atoms with E-state index in [2.05, 4.69) is 21.2 Å². The van der Waals surface area contributed by atoms with Gasteiger partial charge in [0.05, 0.1) is 11.5 Å². The summed E-state index contributed by atoms with van der Waals surface area (Å²) in [6, 6.07) is 7.46. The monoisotopic (exact) mass is 374 g/mol. The summed E-state index contributed by atoms with van der Waals surface area (Å²) in [5.41, 5.74) is 1.03. The van der Waals surface area contributed by atoms with Gasteiger partial charge in [-0.1, -0.05) is 34.1 Å². The Morgan fingerprint density at radius 2 is 2.14 bits per heavy atom. The Kier molecular flexibility index (Phi) is 5.40. The summed E-state index contributed by atoms with van der Waals surface area (Å²) in [4.78, 5) is 13.8. The van der Waals surface area contributed by atoms with E-state index in [0.29, 0.717) is 13.1 Å². The standard InChI is InChI=1S/C14H19BrN2O3S/c1-17(9-11-4-2-3-5-13(11)15)14(18)8-12-10-21(19,20)7-6-16-12/h2-5,12,16H,6-10H2,1H3. The van der Waals surface area contributed by atoms with Gasteiger partial charge in [0.25, 0.3) is 0 Å². The van der Waals surface area contributed by atoms with Gasteiger partial charge >= 0.3 is 0 Å². The van der Waals surface area contributed by atoms with Crippen molar-refractivity contribution in [3.05, 3.63) is 34.3 Å². The number of rotatable bonds is 4. The summed E-state index contributed by atoms with van der Waals surface area (Å²) in [7, 11) is -1.27. The third-order valence-corrected chi connectivity index (χ3v) is 6.02. The zero-order valence-electron chi connectivity index (χ0n) is 11.9. The van der Waals surface area contributed by atoms with Crippen LogP contribution in [0.15, 0.2) is 28.7 Å². The van der Waals surface area contributed by atoms with Crippen molar-refractivity contribution < 1.29 is 13.2 Å². The van der Waals surface area contributed by atoms with Crippen LogP contribution in [0.3, 0.4) is 0 Å². The van der Waals surface area contributed by atoms with Crippen LogP contribution in [-0.4, -0.2) is 50.4 Å². The average Bonchev–Trinajstić information content (AvgIpc) is 2.40. The topological polar surface area (TPSA) is 66.5 Å². The van der Waals surface area contributed by atoms with E-state index in [-0.39, 0.29) is 29.9 Å². The maximum absolute atomic E-state index is 12.2. The van der Waals surface area contributed by atoms with Gasteiger partial charge in [-0.15, -0.1) is 0 Å². The van der Waals surface area contributed by atoms with Crippen LogP contribution in [0.25, 0.3) is 0 Å². The molecular formula is C14H19BrN2O3S. The maximum atomic E-state index is 12.2. The van der Waals surface area contributed by atoms with Gasteiger partial charge in [-0.25, -0.2) is 8.42 Å². The molecule has 1 aliphatic rings. The van der Waals surface area contributed by atoms with Crippen LogP contribution in [0.4, 0.5) is 0 Å². The largest absolute Gasteiger partial charge is 0.341 e. The third kappa shape index (κ3) is 4.79. The van der Waals surface area contributed by atoms with Crippen molar-refractivity contribution in [3.63, 3.8) is 0 Å². The van der Waals surface area contributed by atoms with E-state index in [4.69, 9.17) is 0 Å².